The van der Waals surface area contributed by atoms with Gasteiger partial charge in [0.25, 0.3) is 0 Å². The topological polar surface area (TPSA) is 105 Å². The summed E-state index contributed by atoms with van der Waals surface area (Å²) in [4.78, 5) is 19.8. The van der Waals surface area contributed by atoms with E-state index in [4.69, 9.17) is 4.94 Å². The molecule has 29 heavy (non-hydrogen) atoms. The Morgan fingerprint density at radius 2 is 2.17 bits per heavy atom. The lowest BCUT2D eigenvalue weighted by atomic mass is 9.95. The lowest BCUT2D eigenvalue weighted by Crippen LogP contribution is -2.41. The Morgan fingerprint density at radius 1 is 1.41 bits per heavy atom. The minimum absolute atomic E-state index is 0.0821. The predicted molar refractivity (Wildman–Crippen MR) is 109 cm³/mol. The number of nitrogens with one attached hydrogen (secondary N) is 2. The molecular formula is C18H22BrFN6O3. The summed E-state index contributed by atoms with van der Waals surface area (Å²) < 4.78 is 18.2. The molecule has 1 fully saturated rings. The van der Waals surface area contributed by atoms with Crippen molar-refractivity contribution in [2.24, 2.45) is 11.1 Å². The molecule has 1 amide bonds. The van der Waals surface area contributed by atoms with E-state index in [0.29, 0.717) is 16.2 Å². The molecule has 9 nitrogen and oxygen atoms in total. The van der Waals surface area contributed by atoms with Crippen LogP contribution < -0.4 is 10.8 Å². The van der Waals surface area contributed by atoms with E-state index < -0.39 is 0 Å². The molecule has 2 heterocycles. The average molecular weight is 469 g/mol. The quantitative estimate of drug-likeness (QED) is 0.473. The highest BCUT2D eigenvalue weighted by Crippen LogP contribution is 2.21. The summed E-state index contributed by atoms with van der Waals surface area (Å²) in [5, 5.41) is 13.8. The van der Waals surface area contributed by atoms with Crippen LogP contribution >= 0.6 is 15.9 Å². The number of halogens is 2. The number of nitrogens with zero attached hydrogens (tertiary/aromatic N) is 4. The molecular weight excluding hydrogens is 447 g/mol. The van der Waals surface area contributed by atoms with Crippen LogP contribution in [0.1, 0.15) is 32.4 Å². The number of carbonyl (C=O) groups is 1. The SMILES string of the molecule is CC(C)N1CCC(C(=O)Nc2nonc2/C=N/ONc2ccc(F)c(Br)c2)CC1. The van der Waals surface area contributed by atoms with Gasteiger partial charge in [-0.3, -0.25) is 9.73 Å². The molecule has 0 saturated carbocycles. The molecule has 0 spiro atoms. The molecule has 1 aliphatic rings. The zero-order valence-corrected chi connectivity index (χ0v) is 17.6. The van der Waals surface area contributed by atoms with E-state index in [1.165, 1.54) is 24.4 Å². The van der Waals surface area contributed by atoms with Crippen LogP contribution in [0.3, 0.4) is 0 Å². The fourth-order valence-electron chi connectivity index (χ4n) is 2.98. The van der Waals surface area contributed by atoms with Crippen molar-refractivity contribution < 1.29 is 18.8 Å². The van der Waals surface area contributed by atoms with E-state index in [2.05, 4.69) is 65.6 Å². The van der Waals surface area contributed by atoms with Gasteiger partial charge in [-0.1, -0.05) is 5.16 Å². The number of hydrogen-bond donors (Lipinski definition) is 2. The van der Waals surface area contributed by atoms with Gasteiger partial charge in [-0.2, -0.15) is 5.48 Å². The number of hydrogen-bond acceptors (Lipinski definition) is 8. The van der Waals surface area contributed by atoms with Crippen LogP contribution in [-0.4, -0.2) is 46.5 Å². The molecule has 0 radical (unpaired) electrons. The van der Waals surface area contributed by atoms with Gasteiger partial charge >= 0.3 is 0 Å². The lowest BCUT2D eigenvalue weighted by molar-refractivity contribution is -0.121. The molecule has 0 unspecified atom stereocenters. The van der Waals surface area contributed by atoms with Crippen molar-refractivity contribution >= 4 is 39.6 Å². The summed E-state index contributed by atoms with van der Waals surface area (Å²) in [5.74, 6) is -0.406. The number of anilines is 2. The summed E-state index contributed by atoms with van der Waals surface area (Å²) in [6.45, 7) is 6.08. The second kappa shape index (κ2) is 9.79. The molecule has 156 valence electrons. The average Bonchev–Trinajstić information content (AvgIpc) is 3.14. The number of benzene rings is 1. The van der Waals surface area contributed by atoms with Crippen molar-refractivity contribution in [3.63, 3.8) is 0 Å². The third-order valence-corrected chi connectivity index (χ3v) is 5.30. The summed E-state index contributed by atoms with van der Waals surface area (Å²) in [5.41, 5.74) is 3.25. The fourth-order valence-corrected chi connectivity index (χ4v) is 3.36. The molecule has 1 aromatic heterocycles. The van der Waals surface area contributed by atoms with Crippen molar-refractivity contribution in [2.75, 3.05) is 23.9 Å². The normalized spacial score (nSPS) is 15.8. The highest BCUT2D eigenvalue weighted by molar-refractivity contribution is 9.10. The second-order valence-corrected chi connectivity index (χ2v) is 7.80. The van der Waals surface area contributed by atoms with Gasteiger partial charge in [0.2, 0.25) is 11.7 Å². The Balaban J connectivity index is 1.50. The van der Waals surface area contributed by atoms with E-state index in [-0.39, 0.29) is 29.2 Å². The number of piperidine rings is 1. The largest absolute Gasteiger partial charge is 0.306 e. The van der Waals surface area contributed by atoms with E-state index in [1.54, 1.807) is 0 Å². The Bertz CT molecular complexity index is 867. The number of likely N-dealkylation sites (tertiary alicyclic amines) is 1. The Hall–Kier alpha value is -2.53. The standard InChI is InChI=1S/C18H22BrFN6O3/c1-11(2)26-7-5-12(6-8-26)18(27)22-17-16(24-29-25-17)10-21-28-23-13-3-4-15(20)14(19)9-13/h3-4,9-12,23H,5-8H2,1-2H3,(H,22,25,27)/b21-10+. The minimum atomic E-state index is -0.386. The molecule has 2 aromatic rings. The number of rotatable bonds is 7. The van der Waals surface area contributed by atoms with Crippen LogP contribution in [0.2, 0.25) is 0 Å². The van der Waals surface area contributed by atoms with Crippen LogP contribution in [0.5, 0.6) is 0 Å². The van der Waals surface area contributed by atoms with Gasteiger partial charge in [0, 0.05) is 12.0 Å². The number of amides is 1. The Labute approximate surface area is 175 Å². The molecule has 1 aromatic carbocycles. The third kappa shape index (κ3) is 5.73. The van der Waals surface area contributed by atoms with Crippen LogP contribution in [0.25, 0.3) is 0 Å². The molecule has 2 N–H and O–H groups in total. The zero-order valence-electron chi connectivity index (χ0n) is 16.1. The van der Waals surface area contributed by atoms with Gasteiger partial charge in [0.15, 0.2) is 5.69 Å². The van der Waals surface area contributed by atoms with E-state index in [0.717, 1.165) is 25.9 Å². The summed E-state index contributed by atoms with van der Waals surface area (Å²) in [7, 11) is 0. The summed E-state index contributed by atoms with van der Waals surface area (Å²) in [6, 6.07) is 4.74. The molecule has 3 rings (SSSR count). The minimum Gasteiger partial charge on any atom is -0.306 e. The lowest BCUT2D eigenvalue weighted by Gasteiger charge is -2.33. The molecule has 1 saturated heterocycles. The smallest absolute Gasteiger partial charge is 0.228 e. The zero-order chi connectivity index (χ0) is 20.8. The van der Waals surface area contributed by atoms with E-state index in [1.807, 2.05) is 0 Å². The molecule has 0 bridgehead atoms. The first kappa shape index (κ1) is 21.2. The van der Waals surface area contributed by atoms with E-state index in [9.17, 15) is 9.18 Å². The van der Waals surface area contributed by atoms with Crippen molar-refractivity contribution in [3.8, 4) is 0 Å². The number of aromatic nitrogens is 2. The molecule has 1 aliphatic heterocycles. The molecule has 0 atom stereocenters. The maximum atomic E-state index is 13.2. The first-order chi connectivity index (χ1) is 13.9. The van der Waals surface area contributed by atoms with Gasteiger partial charge in [0.1, 0.15) is 12.0 Å². The van der Waals surface area contributed by atoms with Crippen LogP contribution in [0, 0.1) is 11.7 Å². The Kier molecular flexibility index (Phi) is 7.15. The first-order valence-corrected chi connectivity index (χ1v) is 10.0. The third-order valence-electron chi connectivity index (χ3n) is 4.70. The van der Waals surface area contributed by atoms with E-state index >= 15 is 0 Å². The maximum Gasteiger partial charge on any atom is 0.228 e. The predicted octanol–water partition coefficient (Wildman–Crippen LogP) is 3.41. The number of carbonyl (C=O) groups excluding carboxylic acids is 1. The van der Waals surface area contributed by atoms with Crippen LogP contribution in [-0.2, 0) is 9.73 Å². The van der Waals surface area contributed by atoms with Gasteiger partial charge in [0.05, 0.1) is 10.2 Å². The Morgan fingerprint density at radius 3 is 2.86 bits per heavy atom. The fraction of sp³-hybridized carbons (Fsp3) is 0.444. The highest BCUT2D eigenvalue weighted by Gasteiger charge is 2.27. The molecule has 11 heteroatoms. The van der Waals surface area contributed by atoms with Crippen molar-refractivity contribution in [1.82, 2.24) is 15.2 Å². The summed E-state index contributed by atoms with van der Waals surface area (Å²) in [6.07, 6.45) is 2.83. The van der Waals surface area contributed by atoms with Gasteiger partial charge in [-0.15, -0.1) is 0 Å². The first-order valence-electron chi connectivity index (χ1n) is 9.22. The van der Waals surface area contributed by atoms with Crippen molar-refractivity contribution in [1.29, 1.82) is 0 Å². The van der Waals surface area contributed by atoms with Gasteiger partial charge < -0.3 is 10.2 Å². The molecule has 0 aliphatic carbocycles. The maximum absolute atomic E-state index is 13.2. The highest BCUT2D eigenvalue weighted by atomic mass is 79.9. The van der Waals surface area contributed by atoms with Gasteiger partial charge in [-0.05, 0) is 84.2 Å². The van der Waals surface area contributed by atoms with Crippen molar-refractivity contribution in [3.05, 3.63) is 34.2 Å². The second-order valence-electron chi connectivity index (χ2n) is 6.95. The number of oxime groups is 1. The van der Waals surface area contributed by atoms with Crippen LogP contribution in [0.15, 0.2) is 32.5 Å². The monoisotopic (exact) mass is 468 g/mol. The van der Waals surface area contributed by atoms with Gasteiger partial charge in [-0.25, -0.2) is 9.02 Å². The summed E-state index contributed by atoms with van der Waals surface area (Å²) >= 11 is 3.08. The van der Waals surface area contributed by atoms with Crippen molar-refractivity contribution in [2.45, 2.75) is 32.7 Å². The van der Waals surface area contributed by atoms with Crippen LogP contribution in [0.4, 0.5) is 15.9 Å².